The van der Waals surface area contributed by atoms with Crippen LogP contribution in [-0.2, 0) is 4.79 Å². The summed E-state index contributed by atoms with van der Waals surface area (Å²) >= 11 is 0. The van der Waals surface area contributed by atoms with Crippen LogP contribution in [0.1, 0.15) is 56.7 Å². The van der Waals surface area contributed by atoms with Gasteiger partial charge in [-0.15, -0.1) is 0 Å². The number of rotatable bonds is 10. The summed E-state index contributed by atoms with van der Waals surface area (Å²) in [5.41, 5.74) is 1.44. The van der Waals surface area contributed by atoms with Crippen LogP contribution >= 0.6 is 0 Å². The number of carboxylic acid groups (broad SMARTS) is 1. The maximum absolute atomic E-state index is 15.4. The molecule has 1 aromatic carbocycles. The van der Waals surface area contributed by atoms with E-state index in [2.05, 4.69) is 9.88 Å². The van der Waals surface area contributed by atoms with E-state index in [4.69, 9.17) is 4.74 Å². The predicted octanol–water partition coefficient (Wildman–Crippen LogP) is 5.25. The second-order valence-electron chi connectivity index (χ2n) is 9.27. The minimum absolute atomic E-state index is 0.201. The van der Waals surface area contributed by atoms with Gasteiger partial charge in [0.1, 0.15) is 11.9 Å². The Bertz CT molecular complexity index is 901. The van der Waals surface area contributed by atoms with Crippen LogP contribution in [0.2, 0.25) is 0 Å². The average Bonchev–Trinajstić information content (AvgIpc) is 3.59. The second-order valence-corrected chi connectivity index (χ2v) is 9.27. The molecule has 6 heteroatoms. The van der Waals surface area contributed by atoms with Gasteiger partial charge in [0.05, 0.1) is 12.6 Å². The Morgan fingerprint density at radius 3 is 2.84 bits per heavy atom. The molecule has 0 bridgehead atoms. The third-order valence-corrected chi connectivity index (χ3v) is 7.03. The second kappa shape index (κ2) is 9.94. The molecule has 0 amide bonds. The molecule has 1 unspecified atom stereocenters. The monoisotopic (exact) mass is 428 g/mol. The Kier molecular flexibility index (Phi) is 7.06. The highest BCUT2D eigenvalue weighted by molar-refractivity contribution is 5.83. The Morgan fingerprint density at radius 2 is 2.10 bits per heavy atom. The zero-order valence-electron chi connectivity index (χ0n) is 18.3. The van der Waals surface area contributed by atoms with Gasteiger partial charge in [-0.05, 0) is 92.7 Å². The average molecular weight is 429 g/mol. The number of nitrogens with zero attached hydrogens (tertiary/aromatic N) is 2. The molecule has 2 fully saturated rings. The van der Waals surface area contributed by atoms with E-state index in [1.165, 1.54) is 12.8 Å². The molecular formula is C25H33FN2O3. The van der Waals surface area contributed by atoms with Gasteiger partial charge in [-0.1, -0.05) is 0 Å². The molecule has 4 rings (SSSR count). The molecule has 2 heterocycles. The minimum Gasteiger partial charge on any atom is -0.497 e. The van der Waals surface area contributed by atoms with Gasteiger partial charge >= 0.3 is 5.97 Å². The van der Waals surface area contributed by atoms with Crippen LogP contribution in [0.3, 0.4) is 0 Å². The summed E-state index contributed by atoms with van der Waals surface area (Å²) in [5, 5.41) is 9.97. The highest BCUT2D eigenvalue weighted by Gasteiger charge is 2.33. The number of carbonyl (C=O) groups is 1. The van der Waals surface area contributed by atoms with Crippen molar-refractivity contribution in [1.82, 2.24) is 9.88 Å². The molecule has 3 atom stereocenters. The molecule has 5 nitrogen and oxygen atoms in total. The third-order valence-electron chi connectivity index (χ3n) is 7.03. The van der Waals surface area contributed by atoms with Gasteiger partial charge < -0.3 is 14.7 Å². The van der Waals surface area contributed by atoms with E-state index in [9.17, 15) is 9.90 Å². The Hall–Kier alpha value is -2.21. The first-order chi connectivity index (χ1) is 15.0. The highest BCUT2D eigenvalue weighted by Crippen LogP contribution is 2.38. The van der Waals surface area contributed by atoms with Gasteiger partial charge in [-0.2, -0.15) is 0 Å². The van der Waals surface area contributed by atoms with Gasteiger partial charge in [0.15, 0.2) is 0 Å². The van der Waals surface area contributed by atoms with Crippen molar-refractivity contribution in [1.29, 1.82) is 0 Å². The molecule has 0 spiro atoms. The van der Waals surface area contributed by atoms with Crippen LogP contribution in [0, 0.1) is 17.8 Å². The molecule has 1 aromatic heterocycles. The quantitative estimate of drug-likeness (QED) is 0.560. The lowest BCUT2D eigenvalue weighted by Gasteiger charge is -2.39. The maximum Gasteiger partial charge on any atom is 0.303 e. The lowest BCUT2D eigenvalue weighted by molar-refractivity contribution is -0.137. The molecular weight excluding hydrogens is 395 g/mol. The number of aromatic nitrogens is 1. The van der Waals surface area contributed by atoms with Crippen molar-refractivity contribution in [3.05, 3.63) is 36.0 Å². The number of hydrogen-bond acceptors (Lipinski definition) is 4. The molecule has 31 heavy (non-hydrogen) atoms. The van der Waals surface area contributed by atoms with E-state index in [1.807, 2.05) is 18.2 Å². The number of benzene rings is 1. The summed E-state index contributed by atoms with van der Waals surface area (Å²) in [5.74, 6) is 1.52. The number of ether oxygens (including phenoxy) is 1. The smallest absolute Gasteiger partial charge is 0.303 e. The fourth-order valence-corrected chi connectivity index (χ4v) is 5.07. The molecule has 2 aliphatic rings. The first-order valence-electron chi connectivity index (χ1n) is 11.5. The minimum atomic E-state index is -1.07. The predicted molar refractivity (Wildman–Crippen MR) is 119 cm³/mol. The van der Waals surface area contributed by atoms with Crippen LogP contribution in [-0.4, -0.2) is 47.7 Å². The summed E-state index contributed by atoms with van der Waals surface area (Å²) in [6, 6.07) is 7.33. The SMILES string of the molecule is COc1ccc2nccc(C(F)CC[C@@H]3CCN(CC4CC4)C[C@@H]3CCC(=O)O)c2c1. The van der Waals surface area contributed by atoms with Gasteiger partial charge in [0.25, 0.3) is 0 Å². The zero-order chi connectivity index (χ0) is 21.8. The molecule has 1 saturated heterocycles. The van der Waals surface area contributed by atoms with Crippen LogP contribution in [0.25, 0.3) is 10.9 Å². The van der Waals surface area contributed by atoms with Gasteiger partial charge in [0, 0.05) is 31.1 Å². The molecule has 1 saturated carbocycles. The van der Waals surface area contributed by atoms with Crippen molar-refractivity contribution in [2.75, 3.05) is 26.7 Å². The Balaban J connectivity index is 1.41. The molecule has 0 radical (unpaired) electrons. The van der Waals surface area contributed by atoms with Crippen LogP contribution in [0.4, 0.5) is 4.39 Å². The molecule has 1 N–H and O–H groups in total. The molecule has 1 aliphatic carbocycles. The van der Waals surface area contributed by atoms with E-state index >= 15 is 4.39 Å². The van der Waals surface area contributed by atoms with Gasteiger partial charge in [0.2, 0.25) is 0 Å². The first-order valence-corrected chi connectivity index (χ1v) is 11.5. The number of fused-ring (bicyclic) bond motifs is 1. The molecule has 1 aliphatic heterocycles. The van der Waals surface area contributed by atoms with E-state index in [1.54, 1.807) is 19.4 Å². The number of methoxy groups -OCH3 is 1. The highest BCUT2D eigenvalue weighted by atomic mass is 19.1. The van der Waals surface area contributed by atoms with Gasteiger partial charge in [-0.3, -0.25) is 9.78 Å². The summed E-state index contributed by atoms with van der Waals surface area (Å²) in [7, 11) is 1.61. The normalized spacial score (nSPS) is 23.0. The summed E-state index contributed by atoms with van der Waals surface area (Å²) in [6.45, 7) is 3.16. The zero-order valence-corrected chi connectivity index (χ0v) is 18.3. The molecule has 2 aromatic rings. The molecule has 168 valence electrons. The fourth-order valence-electron chi connectivity index (χ4n) is 5.07. The standard InChI is InChI=1S/C25H33FN2O3/c1-31-20-6-8-24-22(14-20)21(10-12-27-24)23(26)7-4-18-11-13-28(15-17-2-3-17)16-19(18)5-9-25(29)30/h6,8,10,12,14,17-19,23H,2-5,7,9,11,13,15-16H2,1H3,(H,29,30)/t18-,19+,23?/m1/s1. The van der Waals surface area contributed by atoms with Crippen molar-refractivity contribution < 1.29 is 19.0 Å². The Labute approximate surface area is 183 Å². The van der Waals surface area contributed by atoms with Crippen molar-refractivity contribution >= 4 is 16.9 Å². The lowest BCUT2D eigenvalue weighted by atomic mass is 9.79. The van der Waals surface area contributed by atoms with Crippen LogP contribution < -0.4 is 4.74 Å². The number of halogens is 1. The van der Waals surface area contributed by atoms with Crippen molar-refractivity contribution in [3.8, 4) is 5.75 Å². The number of hydrogen-bond donors (Lipinski definition) is 1. The largest absolute Gasteiger partial charge is 0.497 e. The van der Waals surface area contributed by atoms with E-state index < -0.39 is 12.1 Å². The van der Waals surface area contributed by atoms with E-state index in [0.29, 0.717) is 36.0 Å². The summed E-state index contributed by atoms with van der Waals surface area (Å²) in [4.78, 5) is 18.0. The summed E-state index contributed by atoms with van der Waals surface area (Å²) in [6.07, 6.45) is 6.42. The van der Waals surface area contributed by atoms with Crippen LogP contribution in [0.15, 0.2) is 30.5 Å². The lowest BCUT2D eigenvalue weighted by Crippen LogP contribution is -2.41. The third kappa shape index (κ3) is 5.73. The van der Waals surface area contributed by atoms with E-state index in [-0.39, 0.29) is 6.42 Å². The fraction of sp³-hybridized carbons (Fsp3) is 0.600. The van der Waals surface area contributed by atoms with Crippen LogP contribution in [0.5, 0.6) is 5.75 Å². The number of likely N-dealkylation sites (tertiary alicyclic amines) is 1. The number of pyridine rings is 1. The number of carboxylic acids is 1. The summed E-state index contributed by atoms with van der Waals surface area (Å²) < 4.78 is 20.7. The van der Waals surface area contributed by atoms with Crippen molar-refractivity contribution in [3.63, 3.8) is 0 Å². The van der Waals surface area contributed by atoms with Gasteiger partial charge in [-0.25, -0.2) is 4.39 Å². The number of piperidine rings is 1. The van der Waals surface area contributed by atoms with E-state index in [0.717, 1.165) is 49.3 Å². The van der Waals surface area contributed by atoms with Crippen molar-refractivity contribution in [2.45, 2.75) is 51.1 Å². The Morgan fingerprint density at radius 1 is 1.26 bits per heavy atom. The topological polar surface area (TPSA) is 62.7 Å². The number of aliphatic carboxylic acids is 1. The number of alkyl halides is 1. The maximum atomic E-state index is 15.4. The first kappa shape index (κ1) is 22.0. The van der Waals surface area contributed by atoms with Crippen molar-refractivity contribution in [2.24, 2.45) is 17.8 Å².